The van der Waals surface area contributed by atoms with Crippen molar-refractivity contribution in [2.45, 2.75) is 26.3 Å². The highest BCUT2D eigenvalue weighted by Crippen LogP contribution is 2.22. The Morgan fingerprint density at radius 1 is 1.25 bits per heavy atom. The molecule has 2 aromatic rings. The summed E-state index contributed by atoms with van der Waals surface area (Å²) < 4.78 is 5.67. The van der Waals surface area contributed by atoms with E-state index in [9.17, 15) is 4.79 Å². The lowest BCUT2D eigenvalue weighted by molar-refractivity contribution is 0.0936. The Balaban J connectivity index is 2.20. The van der Waals surface area contributed by atoms with Crippen molar-refractivity contribution in [3.05, 3.63) is 54.2 Å². The Labute approximate surface area is 118 Å². The zero-order chi connectivity index (χ0) is 14.4. The van der Waals surface area contributed by atoms with Crippen molar-refractivity contribution >= 4 is 5.91 Å². The Kier molecular flexibility index (Phi) is 4.71. The summed E-state index contributed by atoms with van der Waals surface area (Å²) in [5.74, 6) is 0.807. The molecule has 1 heterocycles. The molecular weight excluding hydrogens is 252 g/mol. The molecule has 0 saturated carbocycles. The van der Waals surface area contributed by atoms with Crippen molar-refractivity contribution in [2.24, 2.45) is 0 Å². The number of benzene rings is 1. The molecule has 0 aliphatic carbocycles. The minimum atomic E-state index is -0.168. The first kappa shape index (κ1) is 14.1. The lowest BCUT2D eigenvalue weighted by Gasteiger charge is -2.13. The highest BCUT2D eigenvalue weighted by Gasteiger charge is 2.15. The summed E-state index contributed by atoms with van der Waals surface area (Å²) in [4.78, 5) is 16.3. The highest BCUT2D eigenvalue weighted by atomic mass is 16.5. The van der Waals surface area contributed by atoms with Gasteiger partial charge in [-0.1, -0.05) is 25.1 Å². The molecule has 0 unspecified atom stereocenters. The van der Waals surface area contributed by atoms with E-state index in [2.05, 4.69) is 10.3 Å². The van der Waals surface area contributed by atoms with Crippen molar-refractivity contribution in [3.8, 4) is 11.6 Å². The second-order valence-corrected chi connectivity index (χ2v) is 4.55. The fraction of sp³-hybridized carbons (Fsp3) is 0.250. The molecule has 0 aliphatic rings. The van der Waals surface area contributed by atoms with Crippen molar-refractivity contribution in [1.82, 2.24) is 10.3 Å². The van der Waals surface area contributed by atoms with Crippen LogP contribution in [0.25, 0.3) is 0 Å². The highest BCUT2D eigenvalue weighted by molar-refractivity contribution is 5.96. The van der Waals surface area contributed by atoms with Gasteiger partial charge in [-0.2, -0.15) is 0 Å². The number of pyridine rings is 1. The number of amides is 1. The number of hydrogen-bond acceptors (Lipinski definition) is 3. The largest absolute Gasteiger partial charge is 0.438 e. The maximum absolute atomic E-state index is 12.2. The number of carbonyl (C=O) groups is 1. The lowest BCUT2D eigenvalue weighted by atomic mass is 10.2. The summed E-state index contributed by atoms with van der Waals surface area (Å²) >= 11 is 0. The smallest absolute Gasteiger partial charge is 0.256 e. The predicted octanol–water partition coefficient (Wildman–Crippen LogP) is 3.40. The number of nitrogens with zero attached hydrogens (tertiary/aromatic N) is 1. The van der Waals surface area contributed by atoms with E-state index < -0.39 is 0 Å². The van der Waals surface area contributed by atoms with Gasteiger partial charge in [0, 0.05) is 12.2 Å². The monoisotopic (exact) mass is 270 g/mol. The molecule has 1 amide bonds. The summed E-state index contributed by atoms with van der Waals surface area (Å²) in [7, 11) is 0. The van der Waals surface area contributed by atoms with Crippen molar-refractivity contribution in [3.63, 3.8) is 0 Å². The molecular formula is C16H18N2O2. The number of aromatic nitrogens is 1. The van der Waals surface area contributed by atoms with E-state index in [1.165, 1.54) is 0 Å². The molecule has 104 valence electrons. The van der Waals surface area contributed by atoms with E-state index in [0.717, 1.165) is 6.42 Å². The molecule has 2 rings (SSSR count). The Bertz CT molecular complexity index is 570. The molecule has 4 nitrogen and oxygen atoms in total. The molecule has 0 radical (unpaired) electrons. The summed E-state index contributed by atoms with van der Waals surface area (Å²) in [5.41, 5.74) is 0.441. The van der Waals surface area contributed by atoms with Gasteiger partial charge in [0.05, 0.1) is 0 Å². The first-order valence-electron chi connectivity index (χ1n) is 6.69. The first-order valence-corrected chi connectivity index (χ1v) is 6.69. The average Bonchev–Trinajstić information content (AvgIpc) is 2.48. The molecule has 0 spiro atoms. The van der Waals surface area contributed by atoms with E-state index >= 15 is 0 Å². The quantitative estimate of drug-likeness (QED) is 0.906. The molecule has 0 saturated heterocycles. The summed E-state index contributed by atoms with van der Waals surface area (Å²) in [6.45, 7) is 3.99. The van der Waals surface area contributed by atoms with Gasteiger partial charge in [0.1, 0.15) is 11.3 Å². The van der Waals surface area contributed by atoms with Crippen molar-refractivity contribution < 1.29 is 9.53 Å². The van der Waals surface area contributed by atoms with Crippen LogP contribution in [0.2, 0.25) is 0 Å². The van der Waals surface area contributed by atoms with Gasteiger partial charge in [0.2, 0.25) is 5.88 Å². The van der Waals surface area contributed by atoms with Crippen molar-refractivity contribution in [1.29, 1.82) is 0 Å². The number of carbonyl (C=O) groups excluding carboxylic acids is 1. The molecule has 1 atom stereocenters. The van der Waals surface area contributed by atoms with Gasteiger partial charge >= 0.3 is 0 Å². The van der Waals surface area contributed by atoms with Gasteiger partial charge in [0.25, 0.3) is 5.91 Å². The van der Waals surface area contributed by atoms with E-state index in [1.807, 2.05) is 44.2 Å². The number of para-hydroxylation sites is 1. The van der Waals surface area contributed by atoms with Crippen LogP contribution >= 0.6 is 0 Å². The standard InChI is InChI=1S/C16H18N2O2/c1-3-12(2)18-15(19)14-10-7-11-17-16(14)20-13-8-5-4-6-9-13/h4-12H,3H2,1-2H3,(H,18,19)/t12-/m1/s1. The van der Waals surface area contributed by atoms with Crippen LogP contribution in [0.5, 0.6) is 11.6 Å². The molecule has 0 aliphatic heterocycles. The zero-order valence-electron chi connectivity index (χ0n) is 11.7. The summed E-state index contributed by atoms with van der Waals surface area (Å²) in [5, 5.41) is 2.91. The summed E-state index contributed by atoms with van der Waals surface area (Å²) in [6.07, 6.45) is 2.49. The lowest BCUT2D eigenvalue weighted by Crippen LogP contribution is -2.32. The molecule has 4 heteroatoms. The third-order valence-corrected chi connectivity index (χ3v) is 2.96. The Morgan fingerprint density at radius 2 is 2.00 bits per heavy atom. The number of hydrogen-bond donors (Lipinski definition) is 1. The fourth-order valence-electron chi connectivity index (χ4n) is 1.65. The molecule has 1 aromatic heterocycles. The number of nitrogens with one attached hydrogen (secondary N) is 1. The second kappa shape index (κ2) is 6.70. The molecule has 1 N–H and O–H groups in total. The third-order valence-electron chi connectivity index (χ3n) is 2.96. The van der Waals surface area contributed by atoms with Crippen LogP contribution in [0.1, 0.15) is 30.6 Å². The van der Waals surface area contributed by atoms with Crippen LogP contribution < -0.4 is 10.1 Å². The van der Waals surface area contributed by atoms with Crippen LogP contribution in [0.3, 0.4) is 0 Å². The molecule has 0 bridgehead atoms. The van der Waals surface area contributed by atoms with E-state index in [-0.39, 0.29) is 11.9 Å². The van der Waals surface area contributed by atoms with E-state index in [0.29, 0.717) is 17.2 Å². The minimum Gasteiger partial charge on any atom is -0.438 e. The van der Waals surface area contributed by atoms with Crippen molar-refractivity contribution in [2.75, 3.05) is 0 Å². The van der Waals surface area contributed by atoms with E-state index in [1.54, 1.807) is 18.3 Å². The van der Waals surface area contributed by atoms with Gasteiger partial charge in [-0.3, -0.25) is 4.79 Å². The van der Waals surface area contributed by atoms with Crippen LogP contribution in [-0.2, 0) is 0 Å². The molecule has 0 fully saturated rings. The van der Waals surface area contributed by atoms with Crippen LogP contribution in [0, 0.1) is 0 Å². The van der Waals surface area contributed by atoms with E-state index in [4.69, 9.17) is 4.74 Å². The number of ether oxygens (including phenoxy) is 1. The van der Waals surface area contributed by atoms with Gasteiger partial charge in [0.15, 0.2) is 0 Å². The minimum absolute atomic E-state index is 0.118. The third kappa shape index (κ3) is 3.57. The van der Waals surface area contributed by atoms with Crippen LogP contribution in [-0.4, -0.2) is 16.9 Å². The Hall–Kier alpha value is -2.36. The second-order valence-electron chi connectivity index (χ2n) is 4.55. The predicted molar refractivity (Wildman–Crippen MR) is 78.0 cm³/mol. The Morgan fingerprint density at radius 3 is 2.70 bits per heavy atom. The zero-order valence-corrected chi connectivity index (χ0v) is 11.7. The topological polar surface area (TPSA) is 51.2 Å². The maximum atomic E-state index is 12.2. The molecule has 20 heavy (non-hydrogen) atoms. The number of rotatable bonds is 5. The SMILES string of the molecule is CC[C@@H](C)NC(=O)c1cccnc1Oc1ccccc1. The van der Waals surface area contributed by atoms with Gasteiger partial charge < -0.3 is 10.1 Å². The van der Waals surface area contributed by atoms with Crippen LogP contribution in [0.4, 0.5) is 0 Å². The van der Waals surface area contributed by atoms with Gasteiger partial charge in [-0.05, 0) is 37.6 Å². The normalized spacial score (nSPS) is 11.7. The molecule has 1 aromatic carbocycles. The van der Waals surface area contributed by atoms with Gasteiger partial charge in [-0.25, -0.2) is 4.98 Å². The van der Waals surface area contributed by atoms with Crippen LogP contribution in [0.15, 0.2) is 48.7 Å². The maximum Gasteiger partial charge on any atom is 0.256 e. The average molecular weight is 270 g/mol. The fourth-order valence-corrected chi connectivity index (χ4v) is 1.65. The van der Waals surface area contributed by atoms with Gasteiger partial charge in [-0.15, -0.1) is 0 Å². The first-order chi connectivity index (χ1) is 9.70. The summed E-state index contributed by atoms with van der Waals surface area (Å²) in [6, 6.07) is 12.9.